The molecule has 0 unspecified atom stereocenters. The molecule has 3 aromatic rings. The second-order valence-corrected chi connectivity index (χ2v) is 4.58. The first-order valence-electron chi connectivity index (χ1n) is 6.29. The molecule has 0 atom stereocenters. The third-order valence-electron chi connectivity index (χ3n) is 3.07. The van der Waals surface area contributed by atoms with E-state index >= 15 is 0 Å². The van der Waals surface area contributed by atoms with Crippen LogP contribution in [-0.4, -0.2) is 4.98 Å². The van der Waals surface area contributed by atoms with Gasteiger partial charge in [0.05, 0.1) is 11.1 Å². The van der Waals surface area contributed by atoms with Crippen molar-refractivity contribution in [1.29, 1.82) is 5.26 Å². The van der Waals surface area contributed by atoms with Gasteiger partial charge in [-0.3, -0.25) is 0 Å². The van der Waals surface area contributed by atoms with Gasteiger partial charge in [-0.2, -0.15) is 5.26 Å². The fourth-order valence-corrected chi connectivity index (χ4v) is 2.05. The van der Waals surface area contributed by atoms with Crippen LogP contribution in [0, 0.1) is 17.1 Å². The van der Waals surface area contributed by atoms with Crippen LogP contribution in [0.15, 0.2) is 48.5 Å². The molecule has 0 bridgehead atoms. The van der Waals surface area contributed by atoms with E-state index in [1.807, 2.05) is 24.3 Å². The van der Waals surface area contributed by atoms with Crippen LogP contribution in [-0.2, 0) is 0 Å². The van der Waals surface area contributed by atoms with Crippen molar-refractivity contribution >= 4 is 28.1 Å². The predicted molar refractivity (Wildman–Crippen MR) is 80.6 cm³/mol. The maximum absolute atomic E-state index is 13.3. The van der Waals surface area contributed by atoms with Gasteiger partial charge in [0, 0.05) is 16.8 Å². The third-order valence-corrected chi connectivity index (χ3v) is 3.07. The number of aromatic nitrogens is 1. The second-order valence-electron chi connectivity index (χ2n) is 4.58. The molecule has 1 aromatic heterocycles. The molecule has 0 saturated heterocycles. The molecule has 5 heteroatoms. The van der Waals surface area contributed by atoms with E-state index in [1.54, 1.807) is 18.2 Å². The molecule has 0 fully saturated rings. The number of anilines is 3. The van der Waals surface area contributed by atoms with Crippen molar-refractivity contribution in [1.82, 2.24) is 4.98 Å². The van der Waals surface area contributed by atoms with Gasteiger partial charge in [0.1, 0.15) is 17.7 Å². The zero-order valence-corrected chi connectivity index (χ0v) is 11.0. The Kier molecular flexibility index (Phi) is 3.13. The molecule has 0 radical (unpaired) electrons. The van der Waals surface area contributed by atoms with Crippen LogP contribution >= 0.6 is 0 Å². The number of hydrogen-bond acceptors (Lipinski definition) is 4. The number of halogens is 1. The molecule has 102 valence electrons. The first-order chi connectivity index (χ1) is 10.2. The highest BCUT2D eigenvalue weighted by Crippen LogP contribution is 2.22. The van der Waals surface area contributed by atoms with Gasteiger partial charge in [-0.05, 0) is 48.5 Å². The van der Waals surface area contributed by atoms with Crippen LogP contribution in [0.1, 0.15) is 5.56 Å². The summed E-state index contributed by atoms with van der Waals surface area (Å²) in [5, 5.41) is 12.8. The number of benzene rings is 2. The zero-order chi connectivity index (χ0) is 14.8. The van der Waals surface area contributed by atoms with E-state index in [2.05, 4.69) is 10.3 Å². The van der Waals surface area contributed by atoms with E-state index in [0.29, 0.717) is 17.2 Å². The minimum atomic E-state index is -0.537. The molecule has 0 aliphatic rings. The van der Waals surface area contributed by atoms with E-state index in [4.69, 9.17) is 11.0 Å². The van der Waals surface area contributed by atoms with Crippen molar-refractivity contribution in [3.63, 3.8) is 0 Å². The van der Waals surface area contributed by atoms with Crippen molar-refractivity contribution in [3.05, 3.63) is 59.9 Å². The molecule has 0 saturated carbocycles. The molecule has 1 heterocycles. The normalized spacial score (nSPS) is 10.3. The number of nitrogens with zero attached hydrogens (tertiary/aromatic N) is 2. The first-order valence-corrected chi connectivity index (χ1v) is 6.29. The summed E-state index contributed by atoms with van der Waals surface area (Å²) >= 11 is 0. The Hall–Kier alpha value is -3.13. The quantitative estimate of drug-likeness (QED) is 0.703. The summed E-state index contributed by atoms with van der Waals surface area (Å²) in [6, 6.07) is 15.2. The number of fused-ring (bicyclic) bond motifs is 1. The maximum atomic E-state index is 13.3. The van der Waals surface area contributed by atoms with Crippen LogP contribution in [0.5, 0.6) is 0 Å². The first kappa shape index (κ1) is 12.9. The number of pyridine rings is 1. The summed E-state index contributed by atoms with van der Waals surface area (Å²) in [7, 11) is 0. The van der Waals surface area contributed by atoms with Gasteiger partial charge in [-0.1, -0.05) is 0 Å². The van der Waals surface area contributed by atoms with Crippen LogP contribution < -0.4 is 11.1 Å². The van der Waals surface area contributed by atoms with Gasteiger partial charge in [0.15, 0.2) is 0 Å². The number of nitrogens with two attached hydrogens (primary N) is 1. The van der Waals surface area contributed by atoms with E-state index in [1.165, 1.54) is 12.1 Å². The summed E-state index contributed by atoms with van der Waals surface area (Å²) in [5.41, 5.74) is 7.81. The molecule has 0 amide bonds. The summed E-state index contributed by atoms with van der Waals surface area (Å²) < 4.78 is 13.3. The highest BCUT2D eigenvalue weighted by molar-refractivity contribution is 5.83. The lowest BCUT2D eigenvalue weighted by atomic mass is 10.2. The largest absolute Gasteiger partial charge is 0.399 e. The molecule has 3 N–H and O–H groups in total. The summed E-state index contributed by atoms with van der Waals surface area (Å²) in [6.45, 7) is 0. The lowest BCUT2D eigenvalue weighted by molar-refractivity contribution is 0.624. The predicted octanol–water partition coefficient (Wildman–Crippen LogP) is 3.57. The molecule has 2 aromatic carbocycles. The van der Waals surface area contributed by atoms with Gasteiger partial charge in [0.2, 0.25) is 0 Å². The van der Waals surface area contributed by atoms with Crippen LogP contribution in [0.3, 0.4) is 0 Å². The summed E-state index contributed by atoms with van der Waals surface area (Å²) in [6.07, 6.45) is 0. The van der Waals surface area contributed by atoms with E-state index in [9.17, 15) is 4.39 Å². The number of rotatable bonds is 2. The lowest BCUT2D eigenvalue weighted by Crippen LogP contribution is -1.95. The van der Waals surface area contributed by atoms with Crippen LogP contribution in [0.2, 0.25) is 0 Å². The highest BCUT2D eigenvalue weighted by atomic mass is 19.1. The smallest absolute Gasteiger partial charge is 0.141 e. The lowest BCUT2D eigenvalue weighted by Gasteiger charge is -2.07. The van der Waals surface area contributed by atoms with Crippen molar-refractivity contribution in [2.45, 2.75) is 0 Å². The Bertz CT molecular complexity index is 868. The molecular formula is C16H11FN4. The third kappa shape index (κ3) is 2.60. The summed E-state index contributed by atoms with van der Waals surface area (Å²) in [4.78, 5) is 4.45. The van der Waals surface area contributed by atoms with Crippen molar-refractivity contribution in [3.8, 4) is 6.07 Å². The monoisotopic (exact) mass is 278 g/mol. The fraction of sp³-hybridized carbons (Fsp3) is 0. The highest BCUT2D eigenvalue weighted by Gasteiger charge is 2.04. The standard InChI is InChI=1S/C16H11FN4/c17-14-4-3-13(8-11(14)9-18)20-16-6-1-10-7-12(19)2-5-15(10)21-16/h1-8H,19H2,(H,20,21). The molecule has 3 rings (SSSR count). The van der Waals surface area contributed by atoms with Gasteiger partial charge in [-0.15, -0.1) is 0 Å². The number of nitriles is 1. The van der Waals surface area contributed by atoms with Crippen LogP contribution in [0.25, 0.3) is 10.9 Å². The average molecular weight is 278 g/mol. The van der Waals surface area contributed by atoms with Crippen molar-refractivity contribution in [2.24, 2.45) is 0 Å². The fourth-order valence-electron chi connectivity index (χ4n) is 2.05. The molecule has 21 heavy (non-hydrogen) atoms. The second kappa shape index (κ2) is 5.10. The Morgan fingerprint density at radius 2 is 1.95 bits per heavy atom. The molecular weight excluding hydrogens is 267 g/mol. The Morgan fingerprint density at radius 3 is 2.76 bits per heavy atom. The van der Waals surface area contributed by atoms with E-state index < -0.39 is 5.82 Å². The topological polar surface area (TPSA) is 74.7 Å². The van der Waals surface area contributed by atoms with E-state index in [0.717, 1.165) is 10.9 Å². The SMILES string of the molecule is N#Cc1cc(Nc2ccc3cc(N)ccc3n2)ccc1F. The molecule has 0 aliphatic heterocycles. The van der Waals surface area contributed by atoms with Gasteiger partial charge >= 0.3 is 0 Å². The Labute approximate surface area is 120 Å². The Morgan fingerprint density at radius 1 is 1.10 bits per heavy atom. The zero-order valence-electron chi connectivity index (χ0n) is 11.0. The van der Waals surface area contributed by atoms with E-state index in [-0.39, 0.29) is 5.56 Å². The van der Waals surface area contributed by atoms with Crippen LogP contribution in [0.4, 0.5) is 21.6 Å². The van der Waals surface area contributed by atoms with Gasteiger partial charge in [0.25, 0.3) is 0 Å². The number of nitrogens with one attached hydrogen (secondary N) is 1. The van der Waals surface area contributed by atoms with Crippen molar-refractivity contribution < 1.29 is 4.39 Å². The Balaban J connectivity index is 1.95. The molecule has 4 nitrogen and oxygen atoms in total. The molecule has 0 aliphatic carbocycles. The minimum Gasteiger partial charge on any atom is -0.399 e. The van der Waals surface area contributed by atoms with Gasteiger partial charge < -0.3 is 11.1 Å². The van der Waals surface area contributed by atoms with Crippen molar-refractivity contribution in [2.75, 3.05) is 11.1 Å². The minimum absolute atomic E-state index is 0.00596. The summed E-state index contributed by atoms with van der Waals surface area (Å²) in [5.74, 6) is 0.0766. The van der Waals surface area contributed by atoms with Gasteiger partial charge in [-0.25, -0.2) is 9.37 Å². The average Bonchev–Trinajstić information content (AvgIpc) is 2.49. The maximum Gasteiger partial charge on any atom is 0.141 e. The molecule has 0 spiro atoms. The number of hydrogen-bond donors (Lipinski definition) is 2. The number of nitrogen functional groups attached to an aromatic ring is 1.